The quantitative estimate of drug-likeness (QED) is 0.710. The molecule has 3 saturated heterocycles. The third-order valence-corrected chi connectivity index (χ3v) is 8.17. The number of fused-ring (bicyclic) bond motifs is 8. The standard InChI is InChI=1S/C24H32N4O2/c1-25-10-16-5-18(13-25)21-4-3-20(24(30)28(21)12-16)17-7-22-19-6-15(9-26(2)14-19)11-27(22)23(29)8-17/h3-4,7,15-19H,5-6,8-14H2,1-2H3/t15-,16-,17+,18+,19+/m1/s1. The molecule has 30 heavy (non-hydrogen) atoms. The Bertz CT molecular complexity index is 980. The number of carbonyl (C=O) groups excluding carboxylic acids is 1. The summed E-state index contributed by atoms with van der Waals surface area (Å²) in [7, 11) is 4.37. The Balaban J connectivity index is 1.37. The van der Waals surface area contributed by atoms with Crippen LogP contribution in [0.2, 0.25) is 0 Å². The van der Waals surface area contributed by atoms with Gasteiger partial charge in [-0.2, -0.15) is 0 Å². The van der Waals surface area contributed by atoms with Gasteiger partial charge < -0.3 is 19.3 Å². The Morgan fingerprint density at radius 3 is 2.33 bits per heavy atom. The zero-order chi connectivity index (χ0) is 20.6. The molecule has 5 atom stereocenters. The molecule has 0 N–H and O–H groups in total. The van der Waals surface area contributed by atoms with Crippen molar-refractivity contribution in [3.8, 4) is 0 Å². The fraction of sp³-hybridized carbons (Fsp3) is 0.667. The van der Waals surface area contributed by atoms with Crippen LogP contribution in [0.4, 0.5) is 0 Å². The zero-order valence-electron chi connectivity index (χ0n) is 18.1. The van der Waals surface area contributed by atoms with Crippen molar-refractivity contribution in [1.82, 2.24) is 19.3 Å². The molecule has 6 heteroatoms. The molecule has 4 bridgehead atoms. The molecule has 5 aliphatic rings. The van der Waals surface area contributed by atoms with E-state index in [0.717, 1.165) is 44.8 Å². The summed E-state index contributed by atoms with van der Waals surface area (Å²) in [6.07, 6.45) is 5.07. The first-order valence-electron chi connectivity index (χ1n) is 11.6. The van der Waals surface area contributed by atoms with Crippen molar-refractivity contribution in [2.75, 3.05) is 46.8 Å². The first-order valence-corrected chi connectivity index (χ1v) is 11.6. The van der Waals surface area contributed by atoms with Crippen LogP contribution < -0.4 is 5.56 Å². The number of likely N-dealkylation sites (tertiary alicyclic amines) is 2. The highest BCUT2D eigenvalue weighted by atomic mass is 16.2. The van der Waals surface area contributed by atoms with E-state index in [1.54, 1.807) is 0 Å². The van der Waals surface area contributed by atoms with E-state index in [2.05, 4.69) is 36.0 Å². The van der Waals surface area contributed by atoms with Gasteiger partial charge in [-0.1, -0.05) is 12.1 Å². The van der Waals surface area contributed by atoms with Gasteiger partial charge in [-0.25, -0.2) is 0 Å². The third kappa shape index (κ3) is 2.91. The van der Waals surface area contributed by atoms with Gasteiger partial charge in [0.2, 0.25) is 5.91 Å². The van der Waals surface area contributed by atoms with Crippen molar-refractivity contribution in [2.45, 2.75) is 37.6 Å². The van der Waals surface area contributed by atoms with Crippen molar-refractivity contribution in [3.05, 3.63) is 45.5 Å². The molecule has 1 aromatic rings. The number of carbonyl (C=O) groups is 1. The molecule has 6 heterocycles. The van der Waals surface area contributed by atoms with Gasteiger partial charge in [0.05, 0.1) is 0 Å². The number of nitrogens with zero attached hydrogens (tertiary/aromatic N) is 4. The first kappa shape index (κ1) is 18.8. The SMILES string of the molecule is CN1C[C@H]2C[C@@H](C1)C1=C[C@H](c3ccc4n(c3=O)C[C@@H]3C[C@H]4CN(C)C3)CC(=O)N1C2. The lowest BCUT2D eigenvalue weighted by Crippen LogP contribution is -2.53. The summed E-state index contributed by atoms with van der Waals surface area (Å²) in [5.41, 5.74) is 3.33. The molecule has 1 amide bonds. The average Bonchev–Trinajstić information content (AvgIpc) is 2.69. The summed E-state index contributed by atoms with van der Waals surface area (Å²) in [6, 6.07) is 4.21. The maximum absolute atomic E-state index is 13.5. The molecule has 0 saturated carbocycles. The number of hydrogen-bond donors (Lipinski definition) is 0. The van der Waals surface area contributed by atoms with E-state index < -0.39 is 0 Å². The molecule has 1 aromatic heterocycles. The number of rotatable bonds is 1. The Morgan fingerprint density at radius 2 is 1.53 bits per heavy atom. The molecule has 160 valence electrons. The lowest BCUT2D eigenvalue weighted by Gasteiger charge is -2.48. The van der Waals surface area contributed by atoms with Gasteiger partial charge >= 0.3 is 0 Å². The highest BCUT2D eigenvalue weighted by Crippen LogP contribution is 2.41. The molecular formula is C24H32N4O2. The molecule has 0 unspecified atom stereocenters. The van der Waals surface area contributed by atoms with Crippen LogP contribution in [0.1, 0.15) is 42.4 Å². The van der Waals surface area contributed by atoms with Gasteiger partial charge in [0.25, 0.3) is 5.56 Å². The minimum absolute atomic E-state index is 0.0812. The van der Waals surface area contributed by atoms with Crippen molar-refractivity contribution < 1.29 is 4.79 Å². The average molecular weight is 409 g/mol. The van der Waals surface area contributed by atoms with Crippen LogP contribution in [0.3, 0.4) is 0 Å². The van der Waals surface area contributed by atoms with E-state index in [1.807, 2.05) is 15.5 Å². The fourth-order valence-corrected chi connectivity index (χ4v) is 7.09. The van der Waals surface area contributed by atoms with Crippen molar-refractivity contribution >= 4 is 5.91 Å². The predicted molar refractivity (Wildman–Crippen MR) is 115 cm³/mol. The van der Waals surface area contributed by atoms with Crippen molar-refractivity contribution in [2.24, 2.45) is 17.8 Å². The Labute approximate surface area is 178 Å². The summed E-state index contributed by atoms with van der Waals surface area (Å²) in [6.45, 7) is 5.87. The minimum Gasteiger partial charge on any atom is -0.316 e. The van der Waals surface area contributed by atoms with Crippen LogP contribution in [0.25, 0.3) is 0 Å². The number of piperidine rings is 3. The lowest BCUT2D eigenvalue weighted by atomic mass is 9.78. The summed E-state index contributed by atoms with van der Waals surface area (Å²) < 4.78 is 2.04. The monoisotopic (exact) mass is 408 g/mol. The van der Waals surface area contributed by atoms with Crippen LogP contribution in [0.5, 0.6) is 0 Å². The van der Waals surface area contributed by atoms with Gasteiger partial charge in [0.15, 0.2) is 0 Å². The normalized spacial score (nSPS) is 36.2. The smallest absolute Gasteiger partial charge is 0.254 e. The van der Waals surface area contributed by atoms with E-state index >= 15 is 0 Å². The van der Waals surface area contributed by atoms with Crippen molar-refractivity contribution in [1.29, 1.82) is 0 Å². The minimum atomic E-state index is -0.0812. The summed E-state index contributed by atoms with van der Waals surface area (Å²) in [4.78, 5) is 33.5. The van der Waals surface area contributed by atoms with Crippen LogP contribution in [0, 0.1) is 17.8 Å². The van der Waals surface area contributed by atoms with Crippen LogP contribution in [-0.4, -0.2) is 72.0 Å². The largest absolute Gasteiger partial charge is 0.316 e. The van der Waals surface area contributed by atoms with Crippen molar-refractivity contribution in [3.63, 3.8) is 0 Å². The summed E-state index contributed by atoms with van der Waals surface area (Å²) in [5, 5.41) is 0. The second kappa shape index (κ2) is 6.79. The first-order chi connectivity index (χ1) is 14.5. The van der Waals surface area contributed by atoms with Gasteiger partial charge in [-0.05, 0) is 44.8 Å². The summed E-state index contributed by atoms with van der Waals surface area (Å²) >= 11 is 0. The molecule has 0 spiro atoms. The van der Waals surface area contributed by atoms with Gasteiger partial charge in [0.1, 0.15) is 0 Å². The van der Waals surface area contributed by atoms with E-state index in [9.17, 15) is 9.59 Å². The highest BCUT2D eigenvalue weighted by molar-refractivity contribution is 5.81. The third-order valence-electron chi connectivity index (χ3n) is 8.17. The number of pyridine rings is 1. The molecule has 3 fully saturated rings. The van der Waals surface area contributed by atoms with E-state index in [0.29, 0.717) is 30.1 Å². The summed E-state index contributed by atoms with van der Waals surface area (Å²) in [5.74, 6) is 2.14. The Morgan fingerprint density at radius 1 is 0.833 bits per heavy atom. The maximum Gasteiger partial charge on any atom is 0.254 e. The molecule has 0 aliphatic carbocycles. The number of aromatic nitrogens is 1. The topological polar surface area (TPSA) is 48.8 Å². The van der Waals surface area contributed by atoms with E-state index in [4.69, 9.17) is 0 Å². The number of allylic oxidation sites excluding steroid dienone is 1. The fourth-order valence-electron chi connectivity index (χ4n) is 7.09. The highest BCUT2D eigenvalue weighted by Gasteiger charge is 2.42. The number of likely N-dealkylation sites (N-methyl/N-ethyl adjacent to an activating group) is 1. The van der Waals surface area contributed by atoms with Gasteiger partial charge in [0, 0.05) is 80.4 Å². The zero-order valence-corrected chi connectivity index (χ0v) is 18.1. The van der Waals surface area contributed by atoms with Crippen LogP contribution >= 0.6 is 0 Å². The van der Waals surface area contributed by atoms with E-state index in [-0.39, 0.29) is 17.4 Å². The predicted octanol–water partition coefficient (Wildman–Crippen LogP) is 1.68. The van der Waals surface area contributed by atoms with Gasteiger partial charge in [-0.15, -0.1) is 0 Å². The number of amides is 1. The second-order valence-corrected chi connectivity index (χ2v) is 10.6. The second-order valence-electron chi connectivity index (χ2n) is 10.6. The van der Waals surface area contributed by atoms with E-state index in [1.165, 1.54) is 24.2 Å². The van der Waals surface area contributed by atoms with Gasteiger partial charge in [-0.3, -0.25) is 9.59 Å². The molecular weight excluding hydrogens is 376 g/mol. The maximum atomic E-state index is 13.5. The molecule has 6 nitrogen and oxygen atoms in total. The van der Waals surface area contributed by atoms with Crippen LogP contribution in [0.15, 0.2) is 28.7 Å². The molecule has 5 aliphatic heterocycles. The molecule has 0 radical (unpaired) electrons. The Hall–Kier alpha value is -1.92. The molecule has 6 rings (SSSR count). The molecule has 0 aromatic carbocycles. The lowest BCUT2D eigenvalue weighted by molar-refractivity contribution is -0.133. The van der Waals surface area contributed by atoms with Crippen LogP contribution in [-0.2, 0) is 11.3 Å². The number of hydrogen-bond acceptors (Lipinski definition) is 4. The Kier molecular flexibility index (Phi) is 4.26.